The van der Waals surface area contributed by atoms with Crippen LogP contribution in [0.4, 0.5) is 26.3 Å². The summed E-state index contributed by atoms with van der Waals surface area (Å²) in [5.41, 5.74) is 1.26. The van der Waals surface area contributed by atoms with Crippen LogP contribution in [0, 0.1) is 5.92 Å². The third kappa shape index (κ3) is 10.1. The van der Waals surface area contributed by atoms with Crippen molar-refractivity contribution in [2.75, 3.05) is 26.2 Å². The van der Waals surface area contributed by atoms with Crippen LogP contribution in [0.25, 0.3) is 0 Å². The number of pyridine rings is 1. The van der Waals surface area contributed by atoms with Crippen LogP contribution in [0.2, 0.25) is 0 Å². The van der Waals surface area contributed by atoms with Gasteiger partial charge in [0.05, 0.1) is 5.92 Å². The predicted molar refractivity (Wildman–Crippen MR) is 101 cm³/mol. The molecule has 186 valence electrons. The molecule has 0 spiro atoms. The number of nitrogens with one attached hydrogen (secondary N) is 1. The third-order valence-electron chi connectivity index (χ3n) is 4.79. The highest BCUT2D eigenvalue weighted by atomic mass is 19.4. The van der Waals surface area contributed by atoms with Crippen LogP contribution < -0.4 is 5.32 Å². The molecule has 2 unspecified atom stereocenters. The molecule has 2 fully saturated rings. The van der Waals surface area contributed by atoms with Crippen LogP contribution in [0.5, 0.6) is 0 Å². The highest BCUT2D eigenvalue weighted by Gasteiger charge is 2.39. The summed E-state index contributed by atoms with van der Waals surface area (Å²) in [4.78, 5) is 36.5. The highest BCUT2D eigenvalue weighted by molar-refractivity contribution is 5.79. The lowest BCUT2D eigenvalue weighted by Crippen LogP contribution is -2.42. The summed E-state index contributed by atoms with van der Waals surface area (Å²) in [5, 5.41) is 17.6. The Balaban J connectivity index is 0.000000324. The van der Waals surface area contributed by atoms with Gasteiger partial charge < -0.3 is 20.4 Å². The Morgan fingerprint density at radius 2 is 1.61 bits per heavy atom. The number of carbonyl (C=O) groups excluding carboxylic acids is 1. The topological polar surface area (TPSA) is 120 Å². The van der Waals surface area contributed by atoms with E-state index in [-0.39, 0.29) is 5.92 Å². The normalized spacial score (nSPS) is 20.6. The summed E-state index contributed by atoms with van der Waals surface area (Å²) >= 11 is 0. The van der Waals surface area contributed by atoms with Gasteiger partial charge in [-0.3, -0.25) is 9.78 Å². The minimum atomic E-state index is -5.08. The second-order valence-electron chi connectivity index (χ2n) is 7.21. The van der Waals surface area contributed by atoms with Gasteiger partial charge in [-0.2, -0.15) is 26.3 Å². The second-order valence-corrected chi connectivity index (χ2v) is 7.21. The lowest BCUT2D eigenvalue weighted by Gasteiger charge is -2.26. The molecule has 0 radical (unpaired) electrons. The zero-order chi connectivity index (χ0) is 25.2. The molecule has 2 aliphatic rings. The first-order chi connectivity index (χ1) is 15.2. The highest BCUT2D eigenvalue weighted by Crippen LogP contribution is 2.28. The second kappa shape index (κ2) is 12.4. The van der Waals surface area contributed by atoms with E-state index in [1.165, 1.54) is 5.56 Å². The maximum atomic E-state index is 12.4. The number of aromatic nitrogens is 1. The van der Waals surface area contributed by atoms with E-state index >= 15 is 0 Å². The number of piperidine rings is 1. The maximum absolute atomic E-state index is 12.4. The number of aliphatic carboxylic acids is 2. The van der Waals surface area contributed by atoms with Gasteiger partial charge in [0.15, 0.2) is 0 Å². The largest absolute Gasteiger partial charge is 0.490 e. The molecular weight excluding hydrogens is 464 g/mol. The molecule has 33 heavy (non-hydrogen) atoms. The van der Waals surface area contributed by atoms with E-state index in [1.807, 2.05) is 12.3 Å². The Morgan fingerprint density at radius 1 is 1.03 bits per heavy atom. The van der Waals surface area contributed by atoms with Gasteiger partial charge in [0.25, 0.3) is 0 Å². The summed E-state index contributed by atoms with van der Waals surface area (Å²) in [7, 11) is 0. The SMILES string of the molecule is O=C(C1CCCNC1)N1CCC(c2cccnc2)C1.O=C(O)C(F)(F)F.O=C(O)C(F)(F)F. The van der Waals surface area contributed by atoms with Gasteiger partial charge in [-0.25, -0.2) is 9.59 Å². The molecule has 0 saturated carbocycles. The van der Waals surface area contributed by atoms with Crippen molar-refractivity contribution in [3.8, 4) is 0 Å². The average molecular weight is 487 g/mol. The van der Waals surface area contributed by atoms with Crippen LogP contribution in [0.3, 0.4) is 0 Å². The molecule has 3 heterocycles. The summed E-state index contributed by atoms with van der Waals surface area (Å²) in [6.07, 6.45) is -3.20. The van der Waals surface area contributed by atoms with Gasteiger partial charge in [-0.05, 0) is 37.4 Å². The fourth-order valence-corrected chi connectivity index (χ4v) is 3.17. The number of amides is 1. The maximum Gasteiger partial charge on any atom is 0.490 e. The molecular formula is C19H23F6N3O5. The average Bonchev–Trinajstić information content (AvgIpc) is 3.24. The van der Waals surface area contributed by atoms with Gasteiger partial charge in [0.2, 0.25) is 5.91 Å². The van der Waals surface area contributed by atoms with Gasteiger partial charge in [0.1, 0.15) is 0 Å². The van der Waals surface area contributed by atoms with Crippen molar-refractivity contribution in [1.82, 2.24) is 15.2 Å². The number of alkyl halides is 6. The molecule has 8 nitrogen and oxygen atoms in total. The van der Waals surface area contributed by atoms with Crippen molar-refractivity contribution in [2.24, 2.45) is 5.92 Å². The summed E-state index contributed by atoms with van der Waals surface area (Å²) in [6.45, 7) is 3.67. The van der Waals surface area contributed by atoms with Gasteiger partial charge >= 0.3 is 24.3 Å². The molecule has 1 aromatic heterocycles. The quantitative estimate of drug-likeness (QED) is 0.549. The van der Waals surface area contributed by atoms with Crippen LogP contribution in [0.1, 0.15) is 30.7 Å². The first-order valence-electron chi connectivity index (χ1n) is 9.73. The number of hydrogen-bond acceptors (Lipinski definition) is 5. The molecule has 3 rings (SSSR count). The molecule has 0 bridgehead atoms. The van der Waals surface area contributed by atoms with Crippen molar-refractivity contribution >= 4 is 17.8 Å². The van der Waals surface area contributed by atoms with E-state index in [1.54, 1.807) is 6.20 Å². The van der Waals surface area contributed by atoms with E-state index in [0.717, 1.165) is 45.4 Å². The monoisotopic (exact) mass is 487 g/mol. The summed E-state index contributed by atoms with van der Waals surface area (Å²) in [5.74, 6) is -4.51. The zero-order valence-corrected chi connectivity index (χ0v) is 17.2. The number of carbonyl (C=O) groups is 3. The third-order valence-corrected chi connectivity index (χ3v) is 4.79. The first-order valence-corrected chi connectivity index (χ1v) is 9.73. The molecule has 2 atom stereocenters. The van der Waals surface area contributed by atoms with E-state index in [2.05, 4.69) is 21.3 Å². The van der Waals surface area contributed by atoms with Gasteiger partial charge in [0, 0.05) is 37.9 Å². The minimum absolute atomic E-state index is 0.196. The number of nitrogens with zero attached hydrogens (tertiary/aromatic N) is 2. The lowest BCUT2D eigenvalue weighted by atomic mass is 9.98. The number of likely N-dealkylation sites (tertiary alicyclic amines) is 1. The molecule has 3 N–H and O–H groups in total. The van der Waals surface area contributed by atoms with Crippen molar-refractivity contribution < 1.29 is 50.9 Å². The van der Waals surface area contributed by atoms with E-state index in [9.17, 15) is 31.1 Å². The van der Waals surface area contributed by atoms with Crippen LogP contribution in [-0.2, 0) is 14.4 Å². The smallest absolute Gasteiger partial charge is 0.475 e. The lowest BCUT2D eigenvalue weighted by molar-refractivity contribution is -0.193. The van der Waals surface area contributed by atoms with Crippen molar-refractivity contribution in [3.63, 3.8) is 0 Å². The van der Waals surface area contributed by atoms with Crippen molar-refractivity contribution in [3.05, 3.63) is 30.1 Å². The van der Waals surface area contributed by atoms with E-state index in [0.29, 0.717) is 11.8 Å². The van der Waals surface area contributed by atoms with Crippen LogP contribution in [0.15, 0.2) is 24.5 Å². The Kier molecular flexibility index (Phi) is 10.5. The van der Waals surface area contributed by atoms with Gasteiger partial charge in [-0.1, -0.05) is 6.07 Å². The molecule has 14 heteroatoms. The molecule has 0 aromatic carbocycles. The molecule has 0 aliphatic carbocycles. The predicted octanol–water partition coefficient (Wildman–Crippen LogP) is 2.66. The molecule has 1 aromatic rings. The minimum Gasteiger partial charge on any atom is -0.475 e. The Hall–Kier alpha value is -2.90. The zero-order valence-electron chi connectivity index (χ0n) is 17.2. The first kappa shape index (κ1) is 28.1. The fourth-order valence-electron chi connectivity index (χ4n) is 3.17. The number of carboxylic acid groups (broad SMARTS) is 2. The number of halogens is 6. The number of carboxylic acids is 2. The molecule has 2 saturated heterocycles. The van der Waals surface area contributed by atoms with E-state index in [4.69, 9.17) is 19.8 Å². The Morgan fingerprint density at radius 3 is 2.03 bits per heavy atom. The standard InChI is InChI=1S/C15H21N3O.2C2HF3O2/c19-15(13-4-2-7-17-10-13)18-8-5-14(11-18)12-3-1-6-16-9-12;2*3-2(4,5)1(6)7/h1,3,6,9,13-14,17H,2,4-5,7-8,10-11H2;2*(H,6,7). The Labute approximate surface area is 184 Å². The van der Waals surface area contributed by atoms with Crippen molar-refractivity contribution in [2.45, 2.75) is 37.5 Å². The Bertz CT molecular complexity index is 758. The van der Waals surface area contributed by atoms with E-state index < -0.39 is 24.3 Å². The summed E-state index contributed by atoms with van der Waals surface area (Å²) in [6, 6.07) is 4.10. The molecule has 2 aliphatic heterocycles. The number of rotatable bonds is 2. The van der Waals surface area contributed by atoms with Crippen LogP contribution >= 0.6 is 0 Å². The fraction of sp³-hybridized carbons (Fsp3) is 0.579. The number of hydrogen-bond donors (Lipinski definition) is 3. The molecule has 1 amide bonds. The van der Waals surface area contributed by atoms with Gasteiger partial charge in [-0.15, -0.1) is 0 Å². The summed E-state index contributed by atoms with van der Waals surface area (Å²) < 4.78 is 63.5. The van der Waals surface area contributed by atoms with Crippen molar-refractivity contribution in [1.29, 1.82) is 0 Å². The van der Waals surface area contributed by atoms with Crippen LogP contribution in [-0.4, -0.2) is 76.5 Å².